The van der Waals surface area contributed by atoms with Crippen LogP contribution in [0.15, 0.2) is 12.7 Å². The van der Waals surface area contributed by atoms with Crippen molar-refractivity contribution < 1.29 is 19.1 Å². The van der Waals surface area contributed by atoms with Gasteiger partial charge in [-0.15, -0.1) is 0 Å². The summed E-state index contributed by atoms with van der Waals surface area (Å²) in [6.07, 6.45) is 19.1. The van der Waals surface area contributed by atoms with Gasteiger partial charge in [-0.05, 0) is 6.42 Å². The molecular formula is C23H43NO4. The minimum Gasteiger partial charge on any atom is -0.464 e. The topological polar surface area (TPSA) is 55.8 Å². The van der Waals surface area contributed by atoms with Gasteiger partial charge in [0.25, 0.3) is 0 Å². The Bertz CT molecular complexity index is 398. The summed E-state index contributed by atoms with van der Waals surface area (Å²) in [5.41, 5.74) is 0. The molecule has 0 aromatic carbocycles. The zero-order valence-electron chi connectivity index (χ0n) is 18.4. The van der Waals surface area contributed by atoms with Gasteiger partial charge in [-0.25, -0.2) is 4.79 Å². The SMILES string of the molecule is C=CCOC(=O)N(C)CC(=O)OCCCCCCCCCCCCCCCC. The second-order valence-corrected chi connectivity index (χ2v) is 7.54. The van der Waals surface area contributed by atoms with Crippen LogP contribution in [-0.4, -0.2) is 43.8 Å². The number of hydrogen-bond acceptors (Lipinski definition) is 4. The van der Waals surface area contributed by atoms with Gasteiger partial charge in [-0.3, -0.25) is 4.79 Å². The van der Waals surface area contributed by atoms with Crippen molar-refractivity contribution in [2.24, 2.45) is 0 Å². The number of likely N-dealkylation sites (N-methyl/N-ethyl adjacent to an activating group) is 1. The maximum absolute atomic E-state index is 11.7. The molecule has 0 aliphatic heterocycles. The molecule has 1 amide bonds. The fourth-order valence-electron chi connectivity index (χ4n) is 3.03. The molecule has 0 aromatic heterocycles. The van der Waals surface area contributed by atoms with Crippen molar-refractivity contribution in [2.45, 2.75) is 96.8 Å². The zero-order valence-corrected chi connectivity index (χ0v) is 18.4. The van der Waals surface area contributed by atoms with Crippen molar-refractivity contribution in [1.29, 1.82) is 0 Å². The van der Waals surface area contributed by atoms with Gasteiger partial charge in [0.05, 0.1) is 6.61 Å². The number of unbranched alkanes of at least 4 members (excludes halogenated alkanes) is 13. The smallest absolute Gasteiger partial charge is 0.410 e. The van der Waals surface area contributed by atoms with Crippen molar-refractivity contribution >= 4 is 12.1 Å². The maximum atomic E-state index is 11.7. The predicted molar refractivity (Wildman–Crippen MR) is 115 cm³/mol. The maximum Gasteiger partial charge on any atom is 0.410 e. The second-order valence-electron chi connectivity index (χ2n) is 7.54. The summed E-state index contributed by atoms with van der Waals surface area (Å²) in [6, 6.07) is 0. The highest BCUT2D eigenvalue weighted by Crippen LogP contribution is 2.12. The van der Waals surface area contributed by atoms with Crippen LogP contribution in [0.2, 0.25) is 0 Å². The van der Waals surface area contributed by atoms with Crippen molar-refractivity contribution in [1.82, 2.24) is 4.90 Å². The largest absolute Gasteiger partial charge is 0.464 e. The average molecular weight is 398 g/mol. The first kappa shape index (κ1) is 26.5. The molecule has 0 unspecified atom stereocenters. The quantitative estimate of drug-likeness (QED) is 0.146. The molecule has 0 fully saturated rings. The van der Waals surface area contributed by atoms with Gasteiger partial charge in [0, 0.05) is 7.05 Å². The second kappa shape index (κ2) is 20.2. The summed E-state index contributed by atoms with van der Waals surface area (Å²) < 4.78 is 10.0. The number of amides is 1. The Morgan fingerprint density at radius 3 is 1.71 bits per heavy atom. The highest BCUT2D eigenvalue weighted by molar-refractivity contribution is 5.77. The molecule has 0 saturated heterocycles. The molecule has 0 radical (unpaired) electrons. The summed E-state index contributed by atoms with van der Waals surface area (Å²) in [5, 5.41) is 0. The number of carbonyl (C=O) groups is 2. The Balaban J connectivity index is 3.33. The molecule has 0 heterocycles. The van der Waals surface area contributed by atoms with Crippen LogP contribution in [0, 0.1) is 0 Å². The molecule has 0 saturated carbocycles. The van der Waals surface area contributed by atoms with Crippen LogP contribution in [0.5, 0.6) is 0 Å². The van der Waals surface area contributed by atoms with Gasteiger partial charge >= 0.3 is 12.1 Å². The van der Waals surface area contributed by atoms with Gasteiger partial charge in [0.15, 0.2) is 0 Å². The molecule has 0 aliphatic carbocycles. The summed E-state index contributed by atoms with van der Waals surface area (Å²) in [6.45, 7) is 6.20. The number of esters is 1. The van der Waals surface area contributed by atoms with Gasteiger partial charge in [-0.2, -0.15) is 0 Å². The van der Waals surface area contributed by atoms with E-state index in [0.29, 0.717) is 6.61 Å². The van der Waals surface area contributed by atoms with E-state index in [-0.39, 0.29) is 13.2 Å². The third-order valence-corrected chi connectivity index (χ3v) is 4.76. The number of ether oxygens (including phenoxy) is 2. The monoisotopic (exact) mass is 397 g/mol. The van der Waals surface area contributed by atoms with Crippen molar-refractivity contribution in [2.75, 3.05) is 26.8 Å². The first-order valence-corrected chi connectivity index (χ1v) is 11.3. The highest BCUT2D eigenvalue weighted by Gasteiger charge is 2.14. The van der Waals surface area contributed by atoms with Gasteiger partial charge < -0.3 is 14.4 Å². The molecule has 5 heteroatoms. The minimum atomic E-state index is -0.548. The lowest BCUT2D eigenvalue weighted by atomic mass is 10.0. The minimum absolute atomic E-state index is 0.0887. The first-order chi connectivity index (χ1) is 13.6. The van der Waals surface area contributed by atoms with Gasteiger partial charge in [0.1, 0.15) is 13.2 Å². The van der Waals surface area contributed by atoms with E-state index in [1.807, 2.05) is 0 Å². The Kier molecular flexibility index (Phi) is 19.1. The standard InChI is InChI=1S/C23H43NO4/c1-4-6-7-8-9-10-11-12-13-14-15-16-17-18-20-27-22(25)21-24(3)23(26)28-19-5-2/h5H,2,4,6-21H2,1,3H3. The van der Waals surface area contributed by atoms with E-state index in [4.69, 9.17) is 9.47 Å². The Morgan fingerprint density at radius 1 is 0.786 bits per heavy atom. The van der Waals surface area contributed by atoms with Crippen LogP contribution in [0.25, 0.3) is 0 Å². The van der Waals surface area contributed by atoms with Crippen LogP contribution in [0.3, 0.4) is 0 Å². The van der Waals surface area contributed by atoms with E-state index in [2.05, 4.69) is 13.5 Å². The molecule has 0 rings (SSSR count). The normalized spacial score (nSPS) is 10.5. The van der Waals surface area contributed by atoms with Gasteiger partial charge in [0.2, 0.25) is 0 Å². The molecule has 164 valence electrons. The lowest BCUT2D eigenvalue weighted by Crippen LogP contribution is -2.33. The first-order valence-electron chi connectivity index (χ1n) is 11.3. The van der Waals surface area contributed by atoms with Crippen LogP contribution < -0.4 is 0 Å². The molecule has 28 heavy (non-hydrogen) atoms. The summed E-state index contributed by atoms with van der Waals surface area (Å²) in [7, 11) is 1.51. The Morgan fingerprint density at radius 2 is 1.25 bits per heavy atom. The van der Waals surface area contributed by atoms with E-state index in [9.17, 15) is 9.59 Å². The van der Waals surface area contributed by atoms with E-state index in [1.54, 1.807) is 0 Å². The molecule has 0 bridgehead atoms. The van der Waals surface area contributed by atoms with Crippen LogP contribution >= 0.6 is 0 Å². The molecule has 0 spiro atoms. The summed E-state index contributed by atoms with van der Waals surface area (Å²) >= 11 is 0. The summed E-state index contributed by atoms with van der Waals surface area (Å²) in [4.78, 5) is 24.4. The van der Waals surface area contributed by atoms with Gasteiger partial charge in [-0.1, -0.05) is 103 Å². The van der Waals surface area contributed by atoms with Crippen molar-refractivity contribution in [3.05, 3.63) is 12.7 Å². The van der Waals surface area contributed by atoms with Crippen LogP contribution in [-0.2, 0) is 14.3 Å². The van der Waals surface area contributed by atoms with E-state index >= 15 is 0 Å². The lowest BCUT2D eigenvalue weighted by Gasteiger charge is -2.15. The van der Waals surface area contributed by atoms with Crippen LogP contribution in [0.4, 0.5) is 4.79 Å². The average Bonchev–Trinajstić information content (AvgIpc) is 2.68. The fraction of sp³-hybridized carbons (Fsp3) is 0.826. The van der Waals surface area contributed by atoms with E-state index in [1.165, 1.54) is 95.1 Å². The fourth-order valence-corrected chi connectivity index (χ4v) is 3.03. The van der Waals surface area contributed by atoms with Crippen LogP contribution in [0.1, 0.15) is 96.8 Å². The Labute approximate surface area is 172 Å². The number of rotatable bonds is 19. The third-order valence-electron chi connectivity index (χ3n) is 4.76. The van der Waals surface area contributed by atoms with E-state index in [0.717, 1.165) is 12.8 Å². The van der Waals surface area contributed by atoms with Crippen molar-refractivity contribution in [3.63, 3.8) is 0 Å². The van der Waals surface area contributed by atoms with E-state index < -0.39 is 12.1 Å². The third kappa shape index (κ3) is 17.9. The number of hydrogen-bond donors (Lipinski definition) is 0. The number of carbonyl (C=O) groups excluding carboxylic acids is 2. The number of nitrogens with zero attached hydrogens (tertiary/aromatic N) is 1. The molecule has 5 nitrogen and oxygen atoms in total. The Hall–Kier alpha value is -1.52. The molecule has 0 aliphatic rings. The molecule has 0 atom stereocenters. The highest BCUT2D eigenvalue weighted by atomic mass is 16.6. The summed E-state index contributed by atoms with van der Waals surface area (Å²) in [5.74, 6) is -0.396. The molecular weight excluding hydrogens is 354 g/mol. The predicted octanol–water partition coefficient (Wildman–Crippen LogP) is 6.27. The van der Waals surface area contributed by atoms with Crippen molar-refractivity contribution in [3.8, 4) is 0 Å². The molecule has 0 aromatic rings. The zero-order chi connectivity index (χ0) is 20.9. The lowest BCUT2D eigenvalue weighted by molar-refractivity contribution is -0.144. The molecule has 0 N–H and O–H groups in total.